The van der Waals surface area contributed by atoms with Gasteiger partial charge in [0.2, 0.25) is 0 Å². The van der Waals surface area contributed by atoms with Crippen LogP contribution >= 0.6 is 0 Å². The number of aromatic nitrogens is 4. The topological polar surface area (TPSA) is 92.6 Å². The predicted octanol–water partition coefficient (Wildman–Crippen LogP) is 4.51. The van der Waals surface area contributed by atoms with Crippen LogP contribution in [0.15, 0.2) is 67.0 Å². The summed E-state index contributed by atoms with van der Waals surface area (Å²) in [5.41, 5.74) is 10.7. The number of para-hydroxylation sites is 1. The number of anilines is 1. The minimum absolute atomic E-state index is 0.460. The highest BCUT2D eigenvalue weighted by molar-refractivity contribution is 6.00. The number of nitrogens with one attached hydrogen (secondary N) is 2. The van der Waals surface area contributed by atoms with Gasteiger partial charge in [0.1, 0.15) is 11.4 Å². The summed E-state index contributed by atoms with van der Waals surface area (Å²) in [6, 6.07) is 17.9. The molecule has 6 heteroatoms. The summed E-state index contributed by atoms with van der Waals surface area (Å²) in [5.74, 6) is 7.77. The molecule has 3 aromatic heterocycles. The van der Waals surface area contributed by atoms with Crippen molar-refractivity contribution in [1.29, 1.82) is 0 Å². The van der Waals surface area contributed by atoms with Gasteiger partial charge in [0.15, 0.2) is 5.82 Å². The second-order valence-electron chi connectivity index (χ2n) is 6.87. The van der Waals surface area contributed by atoms with E-state index in [9.17, 15) is 0 Å². The largest absolute Gasteiger partial charge is 0.493 e. The fourth-order valence-electron chi connectivity index (χ4n) is 3.50. The quantitative estimate of drug-likeness (QED) is 0.309. The first-order chi connectivity index (χ1) is 14.8. The summed E-state index contributed by atoms with van der Waals surface area (Å²) in [4.78, 5) is 7.53. The molecule has 0 bridgehead atoms. The maximum atomic E-state index is 6.10. The van der Waals surface area contributed by atoms with Gasteiger partial charge in [0, 0.05) is 29.6 Å². The molecule has 6 nitrogen and oxygen atoms in total. The Balaban J connectivity index is 1.47. The van der Waals surface area contributed by atoms with Gasteiger partial charge in [0.05, 0.1) is 17.7 Å². The average molecular weight is 393 g/mol. The van der Waals surface area contributed by atoms with Crippen LogP contribution in [0.2, 0.25) is 0 Å². The summed E-state index contributed by atoms with van der Waals surface area (Å²) in [6.45, 7) is 0.527. The number of nitrogens with two attached hydrogens (primary N) is 1. The van der Waals surface area contributed by atoms with Crippen molar-refractivity contribution in [3.8, 4) is 28.7 Å². The fraction of sp³-hybridized carbons (Fsp3) is 0.0833. The van der Waals surface area contributed by atoms with Gasteiger partial charge >= 0.3 is 0 Å². The number of aromatic amines is 2. The van der Waals surface area contributed by atoms with Crippen LogP contribution in [0.4, 0.5) is 5.82 Å². The number of hydrogen-bond donors (Lipinski definition) is 3. The monoisotopic (exact) mass is 393 g/mol. The summed E-state index contributed by atoms with van der Waals surface area (Å²) in [7, 11) is 0. The van der Waals surface area contributed by atoms with Crippen molar-refractivity contribution in [2.24, 2.45) is 0 Å². The van der Waals surface area contributed by atoms with E-state index >= 15 is 0 Å². The smallest absolute Gasteiger partial charge is 0.153 e. The molecule has 5 rings (SSSR count). The number of nitrogen functional groups attached to an aromatic ring is 1. The lowest BCUT2D eigenvalue weighted by Crippen LogP contribution is -1.95. The van der Waals surface area contributed by atoms with Crippen LogP contribution in [-0.2, 0) is 0 Å². The third kappa shape index (κ3) is 3.33. The van der Waals surface area contributed by atoms with Gasteiger partial charge in [-0.3, -0.25) is 5.10 Å². The average Bonchev–Trinajstić information content (AvgIpc) is 3.41. The van der Waals surface area contributed by atoms with Gasteiger partial charge in [0.25, 0.3) is 0 Å². The first-order valence-corrected chi connectivity index (χ1v) is 9.66. The molecule has 0 atom stereocenters. The SMILES string of the molecule is Nc1n[nH]c2c(C#CCCOc3ccccc3)cc(-c3ccnc4[nH]ccc34)cc12. The number of benzene rings is 2. The van der Waals surface area contributed by atoms with E-state index in [1.165, 1.54) is 0 Å². The molecule has 0 aliphatic heterocycles. The van der Waals surface area contributed by atoms with Gasteiger partial charge in [-0.05, 0) is 47.5 Å². The zero-order valence-corrected chi connectivity index (χ0v) is 16.1. The second-order valence-corrected chi connectivity index (χ2v) is 6.87. The van der Waals surface area contributed by atoms with Crippen molar-refractivity contribution in [2.75, 3.05) is 12.3 Å². The lowest BCUT2D eigenvalue weighted by Gasteiger charge is -2.06. The van der Waals surface area contributed by atoms with Crippen molar-refractivity contribution in [1.82, 2.24) is 20.2 Å². The first-order valence-electron chi connectivity index (χ1n) is 9.66. The van der Waals surface area contributed by atoms with Crippen LogP contribution < -0.4 is 10.5 Å². The Morgan fingerprint density at radius 2 is 1.93 bits per heavy atom. The van der Waals surface area contributed by atoms with E-state index in [-0.39, 0.29) is 0 Å². The first kappa shape index (κ1) is 17.8. The van der Waals surface area contributed by atoms with Crippen LogP contribution in [0.25, 0.3) is 33.1 Å². The van der Waals surface area contributed by atoms with E-state index in [2.05, 4.69) is 38.1 Å². The Labute approximate surface area is 173 Å². The molecule has 0 unspecified atom stereocenters. The number of fused-ring (bicyclic) bond motifs is 2. The summed E-state index contributed by atoms with van der Waals surface area (Å²) in [5, 5.41) is 9.09. The fourth-order valence-corrected chi connectivity index (χ4v) is 3.50. The molecule has 2 aromatic carbocycles. The molecule has 0 aliphatic rings. The molecule has 3 heterocycles. The standard InChI is InChI=1S/C24H19N5O/c25-23-21-15-17(19-9-11-26-24-20(19)10-12-27-24)14-16(22(21)28-29-23)6-4-5-13-30-18-7-2-1-3-8-18/h1-3,7-12,14-15H,5,13H2,(H,26,27)(H3,25,28,29). The van der Waals surface area contributed by atoms with Crippen LogP contribution in [0.1, 0.15) is 12.0 Å². The Kier molecular flexibility index (Phi) is 4.54. The van der Waals surface area contributed by atoms with Gasteiger partial charge in [-0.25, -0.2) is 4.98 Å². The summed E-state index contributed by atoms with van der Waals surface area (Å²) < 4.78 is 5.71. The number of nitrogens with zero attached hydrogens (tertiary/aromatic N) is 2. The zero-order valence-electron chi connectivity index (χ0n) is 16.1. The van der Waals surface area contributed by atoms with Gasteiger partial charge in [-0.15, -0.1) is 0 Å². The van der Waals surface area contributed by atoms with Crippen molar-refractivity contribution < 1.29 is 4.74 Å². The molecular weight excluding hydrogens is 374 g/mol. The Morgan fingerprint density at radius 3 is 2.83 bits per heavy atom. The number of H-pyrrole nitrogens is 2. The summed E-state index contributed by atoms with van der Waals surface area (Å²) >= 11 is 0. The normalized spacial score (nSPS) is 10.8. The number of rotatable bonds is 4. The Morgan fingerprint density at radius 1 is 1.03 bits per heavy atom. The van der Waals surface area contributed by atoms with Crippen molar-refractivity contribution in [3.05, 3.63) is 72.6 Å². The van der Waals surface area contributed by atoms with E-state index < -0.39 is 0 Å². The van der Waals surface area contributed by atoms with E-state index in [1.54, 1.807) is 6.20 Å². The van der Waals surface area contributed by atoms with E-state index in [0.29, 0.717) is 18.8 Å². The maximum Gasteiger partial charge on any atom is 0.153 e. The van der Waals surface area contributed by atoms with Crippen LogP contribution in [0.5, 0.6) is 5.75 Å². The highest BCUT2D eigenvalue weighted by atomic mass is 16.5. The number of ether oxygens (including phenoxy) is 1. The molecule has 0 saturated heterocycles. The van der Waals surface area contributed by atoms with Crippen molar-refractivity contribution in [3.63, 3.8) is 0 Å². The summed E-state index contributed by atoms with van der Waals surface area (Å²) in [6.07, 6.45) is 4.30. The molecule has 5 aromatic rings. The Hall–Kier alpha value is -4.24. The Bertz CT molecular complexity index is 1390. The van der Waals surface area contributed by atoms with Gasteiger partial charge in [-0.1, -0.05) is 30.0 Å². The second kappa shape index (κ2) is 7.64. The lowest BCUT2D eigenvalue weighted by atomic mass is 9.99. The third-order valence-corrected chi connectivity index (χ3v) is 4.94. The number of pyridine rings is 1. The van der Waals surface area contributed by atoms with Crippen LogP contribution in [-0.4, -0.2) is 26.8 Å². The molecule has 0 aliphatic carbocycles. The van der Waals surface area contributed by atoms with E-state index in [4.69, 9.17) is 10.5 Å². The lowest BCUT2D eigenvalue weighted by molar-refractivity contribution is 0.327. The molecule has 0 saturated carbocycles. The highest BCUT2D eigenvalue weighted by Gasteiger charge is 2.12. The predicted molar refractivity (Wildman–Crippen MR) is 119 cm³/mol. The van der Waals surface area contributed by atoms with Crippen LogP contribution in [0, 0.1) is 11.8 Å². The molecule has 0 fully saturated rings. The molecular formula is C24H19N5O. The minimum atomic E-state index is 0.460. The van der Waals surface area contributed by atoms with Gasteiger partial charge in [-0.2, -0.15) is 5.10 Å². The van der Waals surface area contributed by atoms with Gasteiger partial charge < -0.3 is 15.5 Å². The highest BCUT2D eigenvalue weighted by Crippen LogP contribution is 2.32. The minimum Gasteiger partial charge on any atom is -0.493 e. The third-order valence-electron chi connectivity index (χ3n) is 4.94. The molecule has 146 valence electrons. The van der Waals surface area contributed by atoms with E-state index in [0.717, 1.165) is 44.4 Å². The zero-order chi connectivity index (χ0) is 20.3. The van der Waals surface area contributed by atoms with E-state index in [1.807, 2.05) is 54.7 Å². The van der Waals surface area contributed by atoms with Crippen molar-refractivity contribution in [2.45, 2.75) is 6.42 Å². The maximum absolute atomic E-state index is 6.10. The molecule has 4 N–H and O–H groups in total. The molecule has 0 amide bonds. The number of hydrogen-bond acceptors (Lipinski definition) is 4. The molecule has 0 spiro atoms. The van der Waals surface area contributed by atoms with Crippen molar-refractivity contribution >= 4 is 27.8 Å². The van der Waals surface area contributed by atoms with Crippen LogP contribution in [0.3, 0.4) is 0 Å². The molecule has 30 heavy (non-hydrogen) atoms. The molecule has 0 radical (unpaired) electrons.